The summed E-state index contributed by atoms with van der Waals surface area (Å²) in [5.41, 5.74) is 1.45. The van der Waals surface area contributed by atoms with Gasteiger partial charge < -0.3 is 19.5 Å². The molecule has 5 nitrogen and oxygen atoms in total. The van der Waals surface area contributed by atoms with Crippen LogP contribution in [0, 0.1) is 0 Å². The van der Waals surface area contributed by atoms with Gasteiger partial charge in [-0.05, 0) is 30.3 Å². The Morgan fingerprint density at radius 2 is 1.70 bits per heavy atom. The lowest BCUT2D eigenvalue weighted by atomic mass is 10.1. The van der Waals surface area contributed by atoms with Crippen molar-refractivity contribution in [1.82, 2.24) is 0 Å². The molecule has 0 heterocycles. The lowest BCUT2D eigenvalue weighted by Crippen LogP contribution is -2.07. The minimum absolute atomic E-state index is 0.240. The van der Waals surface area contributed by atoms with E-state index in [0.717, 1.165) is 5.56 Å². The lowest BCUT2D eigenvalue weighted by molar-refractivity contribution is -0.111. The maximum absolute atomic E-state index is 12.0. The molecule has 0 aromatic heterocycles. The number of hydrogen-bond acceptors (Lipinski definition) is 4. The van der Waals surface area contributed by atoms with Crippen molar-refractivity contribution in [2.75, 3.05) is 26.6 Å². The topological polar surface area (TPSA) is 56.8 Å². The molecule has 2 aromatic rings. The molecular weight excluding hydrogens is 294 g/mol. The Morgan fingerprint density at radius 3 is 2.39 bits per heavy atom. The van der Waals surface area contributed by atoms with E-state index in [1.807, 2.05) is 24.3 Å². The Bertz CT molecular complexity index is 710. The number of rotatable bonds is 6. The minimum Gasteiger partial charge on any atom is -0.497 e. The molecule has 23 heavy (non-hydrogen) atoms. The number of ether oxygens (including phenoxy) is 3. The maximum atomic E-state index is 12.0. The molecule has 0 fully saturated rings. The van der Waals surface area contributed by atoms with Crippen LogP contribution in [0.3, 0.4) is 0 Å². The van der Waals surface area contributed by atoms with E-state index in [1.165, 1.54) is 6.08 Å². The fourth-order valence-electron chi connectivity index (χ4n) is 2.01. The summed E-state index contributed by atoms with van der Waals surface area (Å²) >= 11 is 0. The van der Waals surface area contributed by atoms with E-state index in [4.69, 9.17) is 14.2 Å². The van der Waals surface area contributed by atoms with Gasteiger partial charge in [0, 0.05) is 29.5 Å². The van der Waals surface area contributed by atoms with Crippen molar-refractivity contribution < 1.29 is 19.0 Å². The summed E-state index contributed by atoms with van der Waals surface area (Å²) in [6.45, 7) is 0. The van der Waals surface area contributed by atoms with Crippen molar-refractivity contribution >= 4 is 17.7 Å². The van der Waals surface area contributed by atoms with Gasteiger partial charge in [0.25, 0.3) is 0 Å². The highest BCUT2D eigenvalue weighted by Crippen LogP contribution is 2.25. The molecule has 0 saturated heterocycles. The number of anilines is 1. The molecular formula is C18H19NO4. The molecule has 0 atom stereocenters. The van der Waals surface area contributed by atoms with Gasteiger partial charge in [-0.15, -0.1) is 0 Å². The van der Waals surface area contributed by atoms with E-state index in [-0.39, 0.29) is 5.91 Å². The predicted octanol–water partition coefficient (Wildman–Crippen LogP) is 3.36. The van der Waals surface area contributed by atoms with Gasteiger partial charge in [0.1, 0.15) is 17.2 Å². The average Bonchev–Trinajstić information content (AvgIpc) is 2.59. The minimum atomic E-state index is -0.240. The molecule has 120 valence electrons. The summed E-state index contributed by atoms with van der Waals surface area (Å²) in [4.78, 5) is 12.0. The van der Waals surface area contributed by atoms with E-state index in [0.29, 0.717) is 22.9 Å². The third-order valence-corrected chi connectivity index (χ3v) is 3.19. The molecule has 5 heteroatoms. The smallest absolute Gasteiger partial charge is 0.248 e. The van der Waals surface area contributed by atoms with Crippen LogP contribution in [0.15, 0.2) is 48.5 Å². The number of nitrogens with one attached hydrogen (secondary N) is 1. The van der Waals surface area contributed by atoms with Crippen molar-refractivity contribution in [3.63, 3.8) is 0 Å². The van der Waals surface area contributed by atoms with Crippen molar-refractivity contribution in [2.24, 2.45) is 0 Å². The summed E-state index contributed by atoms with van der Waals surface area (Å²) in [6, 6.07) is 12.6. The molecule has 0 bridgehead atoms. The zero-order chi connectivity index (χ0) is 16.7. The van der Waals surface area contributed by atoms with Gasteiger partial charge in [-0.3, -0.25) is 4.79 Å². The zero-order valence-electron chi connectivity index (χ0n) is 13.3. The van der Waals surface area contributed by atoms with Gasteiger partial charge in [-0.1, -0.05) is 6.07 Å². The van der Waals surface area contributed by atoms with Gasteiger partial charge in [0.15, 0.2) is 0 Å². The maximum Gasteiger partial charge on any atom is 0.248 e. The first-order valence-corrected chi connectivity index (χ1v) is 7.01. The van der Waals surface area contributed by atoms with Crippen LogP contribution in [0.4, 0.5) is 5.69 Å². The average molecular weight is 313 g/mol. The second-order valence-corrected chi connectivity index (χ2v) is 4.66. The number of hydrogen-bond donors (Lipinski definition) is 1. The summed E-state index contributed by atoms with van der Waals surface area (Å²) in [5.74, 6) is 1.77. The number of carbonyl (C=O) groups excluding carboxylic acids is 1. The standard InChI is InChI=1S/C18H19NO4/c1-21-15-6-4-5-14(11-15)19-18(20)10-8-13-7-9-16(22-2)12-17(13)23-3/h4-12H,1-3H3,(H,19,20)/b10-8+. The van der Waals surface area contributed by atoms with Crippen molar-refractivity contribution in [3.8, 4) is 17.2 Å². The van der Waals surface area contributed by atoms with Gasteiger partial charge in [-0.25, -0.2) is 0 Å². The number of methoxy groups -OCH3 is 3. The molecule has 0 unspecified atom stereocenters. The quantitative estimate of drug-likeness (QED) is 0.831. The van der Waals surface area contributed by atoms with Crippen LogP contribution >= 0.6 is 0 Å². The van der Waals surface area contributed by atoms with Crippen LogP contribution in [-0.4, -0.2) is 27.2 Å². The van der Waals surface area contributed by atoms with Gasteiger partial charge in [0.2, 0.25) is 5.91 Å². The Balaban J connectivity index is 2.08. The fourth-order valence-corrected chi connectivity index (χ4v) is 2.01. The van der Waals surface area contributed by atoms with E-state index in [9.17, 15) is 4.79 Å². The van der Waals surface area contributed by atoms with Crippen molar-refractivity contribution in [3.05, 3.63) is 54.1 Å². The Labute approximate surface area is 135 Å². The Morgan fingerprint density at radius 1 is 0.957 bits per heavy atom. The SMILES string of the molecule is COc1cccc(NC(=O)/C=C/c2ccc(OC)cc2OC)c1. The van der Waals surface area contributed by atoms with Crippen molar-refractivity contribution in [1.29, 1.82) is 0 Å². The van der Waals surface area contributed by atoms with Crippen LogP contribution < -0.4 is 19.5 Å². The highest BCUT2D eigenvalue weighted by atomic mass is 16.5. The second kappa shape index (κ2) is 7.89. The van der Waals surface area contributed by atoms with Crippen LogP contribution in [-0.2, 0) is 4.79 Å². The Kier molecular flexibility index (Phi) is 5.63. The van der Waals surface area contributed by atoms with Crippen LogP contribution in [0.25, 0.3) is 6.08 Å². The van der Waals surface area contributed by atoms with Gasteiger partial charge in [-0.2, -0.15) is 0 Å². The van der Waals surface area contributed by atoms with E-state index >= 15 is 0 Å². The normalized spacial score (nSPS) is 10.4. The molecule has 0 saturated carbocycles. The zero-order valence-corrected chi connectivity index (χ0v) is 13.3. The number of amides is 1. The van der Waals surface area contributed by atoms with E-state index in [1.54, 1.807) is 45.6 Å². The first-order valence-electron chi connectivity index (χ1n) is 7.01. The summed E-state index contributed by atoms with van der Waals surface area (Å²) in [5, 5.41) is 2.78. The molecule has 1 amide bonds. The molecule has 0 spiro atoms. The van der Waals surface area contributed by atoms with Crippen molar-refractivity contribution in [2.45, 2.75) is 0 Å². The molecule has 2 rings (SSSR count). The van der Waals surface area contributed by atoms with Crippen LogP contribution in [0.5, 0.6) is 17.2 Å². The predicted molar refractivity (Wildman–Crippen MR) is 90.2 cm³/mol. The third-order valence-electron chi connectivity index (χ3n) is 3.19. The largest absolute Gasteiger partial charge is 0.497 e. The summed E-state index contributed by atoms with van der Waals surface area (Å²) < 4.78 is 15.6. The monoisotopic (exact) mass is 313 g/mol. The molecule has 1 N–H and O–H groups in total. The molecule has 0 aliphatic rings. The van der Waals surface area contributed by atoms with Gasteiger partial charge >= 0.3 is 0 Å². The third kappa shape index (κ3) is 4.51. The molecule has 0 aliphatic heterocycles. The fraction of sp³-hybridized carbons (Fsp3) is 0.167. The number of benzene rings is 2. The summed E-state index contributed by atoms with van der Waals surface area (Å²) in [7, 11) is 4.74. The summed E-state index contributed by atoms with van der Waals surface area (Å²) in [6.07, 6.45) is 3.14. The highest BCUT2D eigenvalue weighted by molar-refractivity contribution is 6.02. The molecule has 0 radical (unpaired) electrons. The first kappa shape index (κ1) is 16.4. The Hall–Kier alpha value is -2.95. The van der Waals surface area contributed by atoms with Crippen LogP contribution in [0.2, 0.25) is 0 Å². The molecule has 2 aromatic carbocycles. The first-order chi connectivity index (χ1) is 11.2. The molecule has 0 aliphatic carbocycles. The van der Waals surface area contributed by atoms with Crippen LogP contribution in [0.1, 0.15) is 5.56 Å². The van der Waals surface area contributed by atoms with Gasteiger partial charge in [0.05, 0.1) is 21.3 Å². The highest BCUT2D eigenvalue weighted by Gasteiger charge is 2.04. The number of carbonyl (C=O) groups is 1. The van der Waals surface area contributed by atoms with E-state index in [2.05, 4.69) is 5.32 Å². The van der Waals surface area contributed by atoms with E-state index < -0.39 is 0 Å². The lowest BCUT2D eigenvalue weighted by Gasteiger charge is -2.07. The second-order valence-electron chi connectivity index (χ2n) is 4.66.